The van der Waals surface area contributed by atoms with Crippen LogP contribution >= 0.6 is 0 Å². The minimum Gasteiger partial charge on any atom is -0.458 e. The molecule has 4 aliphatic carbocycles. The highest BCUT2D eigenvalue weighted by Crippen LogP contribution is 2.71. The fraction of sp³-hybridized carbons (Fsp3) is 0.824. The number of aliphatic hydroxyl groups excluding tert-OH is 4. The number of carbonyl (C=O) groups is 2. The topological polar surface area (TPSA) is 176 Å². The molecule has 0 aromatic rings. The van der Waals surface area contributed by atoms with E-state index < -0.39 is 54.3 Å². The molecule has 16 atom stereocenters. The fourth-order valence-corrected chi connectivity index (χ4v) is 10.8. The second kappa shape index (κ2) is 10.9. The highest BCUT2D eigenvalue weighted by molar-refractivity contribution is 5.97. The molecule has 0 amide bonds. The lowest BCUT2D eigenvalue weighted by Gasteiger charge is -2.60. The van der Waals surface area contributed by atoms with Crippen LogP contribution in [0.3, 0.4) is 0 Å². The van der Waals surface area contributed by atoms with Crippen molar-refractivity contribution in [2.24, 2.45) is 40.4 Å². The molecule has 11 nitrogen and oxygen atoms in total. The zero-order valence-electron chi connectivity index (χ0n) is 26.5. The van der Waals surface area contributed by atoms with E-state index in [0.717, 1.165) is 31.3 Å². The summed E-state index contributed by atoms with van der Waals surface area (Å²) >= 11 is 0. The summed E-state index contributed by atoms with van der Waals surface area (Å²) in [5.74, 6) is 0.587. The van der Waals surface area contributed by atoms with Gasteiger partial charge in [-0.2, -0.15) is 0 Å². The largest absolute Gasteiger partial charge is 0.458 e. The van der Waals surface area contributed by atoms with Crippen LogP contribution in [0, 0.1) is 40.4 Å². The van der Waals surface area contributed by atoms with Crippen molar-refractivity contribution in [2.75, 3.05) is 13.2 Å². The van der Waals surface area contributed by atoms with Crippen LogP contribution in [0.2, 0.25) is 0 Å². The number of epoxide rings is 1. The predicted octanol–water partition coefficient (Wildman–Crippen LogP) is 1.18. The highest BCUT2D eigenvalue weighted by atomic mass is 16.7. The monoisotopic (exact) mass is 632 g/mol. The maximum absolute atomic E-state index is 13.4. The first-order chi connectivity index (χ1) is 21.3. The Morgan fingerprint density at radius 1 is 1.04 bits per heavy atom. The maximum Gasteiger partial charge on any atom is 0.336 e. The molecule has 5 fully saturated rings. The first kappa shape index (κ1) is 31.9. The van der Waals surface area contributed by atoms with E-state index in [1.807, 2.05) is 13.8 Å². The molecule has 0 aromatic carbocycles. The Labute approximate surface area is 263 Å². The van der Waals surface area contributed by atoms with Gasteiger partial charge in [-0.3, -0.25) is 4.79 Å². The molecular weight excluding hydrogens is 584 g/mol. The van der Waals surface area contributed by atoms with Gasteiger partial charge in [0.15, 0.2) is 12.1 Å². The van der Waals surface area contributed by atoms with Crippen LogP contribution in [0.1, 0.15) is 66.2 Å². The van der Waals surface area contributed by atoms with Crippen molar-refractivity contribution in [3.05, 3.63) is 23.3 Å². The average molecular weight is 633 g/mol. The van der Waals surface area contributed by atoms with Gasteiger partial charge in [-0.1, -0.05) is 25.5 Å². The van der Waals surface area contributed by atoms with Gasteiger partial charge in [0, 0.05) is 6.42 Å². The molecule has 2 saturated heterocycles. The molecule has 16 unspecified atom stereocenters. The molecule has 3 saturated carbocycles. The first-order valence-corrected chi connectivity index (χ1v) is 16.7. The minimum absolute atomic E-state index is 0.00697. The van der Waals surface area contributed by atoms with Gasteiger partial charge < -0.3 is 44.5 Å². The Kier molecular flexibility index (Phi) is 7.73. The summed E-state index contributed by atoms with van der Waals surface area (Å²) in [6.45, 7) is 7.63. The van der Waals surface area contributed by atoms with E-state index in [4.69, 9.17) is 18.9 Å². The maximum atomic E-state index is 13.4. The van der Waals surface area contributed by atoms with Gasteiger partial charge in [0.05, 0.1) is 30.3 Å². The standard InChI is InChI=1S/C34H48O11/c1-15-12-21(43-30(40)17(15)14-42-31-27(39)26(38)25(37)22(13-35)44-31)16(2)18-7-8-19-24-20(9-11-32(18,19)3)33(4)23(36)6-5-10-34(33,41)29-28(24)45-29/h5-6,16,18-22,24-29,31,35,37-39,41H,7-14H2,1-4H3. The molecule has 0 radical (unpaired) electrons. The third-order valence-electron chi connectivity index (χ3n) is 13.6. The van der Waals surface area contributed by atoms with E-state index in [0.29, 0.717) is 30.3 Å². The average Bonchev–Trinajstić information content (AvgIpc) is 3.74. The first-order valence-electron chi connectivity index (χ1n) is 16.7. The highest BCUT2D eigenvalue weighted by Gasteiger charge is 2.77. The van der Waals surface area contributed by atoms with E-state index in [1.54, 1.807) is 12.2 Å². The number of aliphatic hydroxyl groups is 5. The van der Waals surface area contributed by atoms with Crippen LogP contribution in [0.15, 0.2) is 23.3 Å². The summed E-state index contributed by atoms with van der Waals surface area (Å²) in [4.78, 5) is 26.7. The number of hydrogen-bond acceptors (Lipinski definition) is 11. The molecule has 45 heavy (non-hydrogen) atoms. The van der Waals surface area contributed by atoms with Gasteiger partial charge in [-0.05, 0) is 87.0 Å². The van der Waals surface area contributed by atoms with E-state index in [9.17, 15) is 35.1 Å². The molecule has 3 aliphatic heterocycles. The number of ketones is 1. The predicted molar refractivity (Wildman–Crippen MR) is 157 cm³/mol. The molecular formula is C34H48O11. The van der Waals surface area contributed by atoms with Crippen LogP contribution in [0.25, 0.3) is 0 Å². The molecule has 0 bridgehead atoms. The lowest BCUT2D eigenvalue weighted by Crippen LogP contribution is -2.67. The minimum atomic E-state index is -1.56. The molecule has 0 aromatic heterocycles. The summed E-state index contributed by atoms with van der Waals surface area (Å²) in [6, 6.07) is 0. The number of cyclic esters (lactones) is 1. The van der Waals surface area contributed by atoms with Crippen molar-refractivity contribution < 1.29 is 54.1 Å². The van der Waals surface area contributed by atoms with Crippen LogP contribution in [-0.4, -0.2) is 105 Å². The molecule has 11 heteroatoms. The lowest BCUT2D eigenvalue weighted by molar-refractivity contribution is -0.299. The van der Waals surface area contributed by atoms with Gasteiger partial charge in [-0.15, -0.1) is 0 Å². The number of ether oxygens (including phenoxy) is 4. The second-order valence-electron chi connectivity index (χ2n) is 15.4. The van der Waals surface area contributed by atoms with Crippen LogP contribution < -0.4 is 0 Å². The normalized spacial score (nSPS) is 52.8. The summed E-state index contributed by atoms with van der Waals surface area (Å²) in [5, 5.41) is 51.7. The van der Waals surface area contributed by atoms with E-state index >= 15 is 0 Å². The number of carbonyl (C=O) groups excluding carboxylic acids is 2. The number of hydrogen-bond donors (Lipinski definition) is 5. The Balaban J connectivity index is 1.04. The summed E-state index contributed by atoms with van der Waals surface area (Å²) < 4.78 is 23.4. The van der Waals surface area contributed by atoms with Gasteiger partial charge in [0.1, 0.15) is 42.2 Å². The van der Waals surface area contributed by atoms with Crippen molar-refractivity contribution >= 4 is 11.8 Å². The molecule has 7 aliphatic rings. The third-order valence-corrected chi connectivity index (χ3v) is 13.6. The summed E-state index contributed by atoms with van der Waals surface area (Å²) in [6.07, 6.45) is 0.632. The van der Waals surface area contributed by atoms with Gasteiger partial charge in [-0.25, -0.2) is 4.79 Å². The van der Waals surface area contributed by atoms with Crippen molar-refractivity contribution in [3.8, 4) is 0 Å². The molecule has 5 N–H and O–H groups in total. The Morgan fingerprint density at radius 2 is 1.80 bits per heavy atom. The van der Waals surface area contributed by atoms with Crippen LogP contribution in [0.5, 0.6) is 0 Å². The van der Waals surface area contributed by atoms with Crippen molar-refractivity contribution in [2.45, 2.75) is 121 Å². The molecule has 250 valence electrons. The van der Waals surface area contributed by atoms with Crippen molar-refractivity contribution in [3.63, 3.8) is 0 Å². The van der Waals surface area contributed by atoms with Crippen LogP contribution in [-0.2, 0) is 28.5 Å². The quantitative estimate of drug-likeness (QED) is 0.210. The number of fused-ring (bicyclic) bond motifs is 8. The Bertz CT molecular complexity index is 1290. The fourth-order valence-electron chi connectivity index (χ4n) is 10.8. The number of allylic oxidation sites excluding steroid dienone is 1. The van der Waals surface area contributed by atoms with Crippen LogP contribution in [0.4, 0.5) is 0 Å². The SMILES string of the molecule is CC1=C(COC2OC(CO)C(O)C(O)C2O)C(=O)OC(C(C)C2CCC3C4C5OC5C5(O)CC=CC(=O)C5(C)C4CCC23C)C1. The number of rotatable bonds is 6. The Hall–Kier alpha value is -1.70. The van der Waals surface area contributed by atoms with E-state index in [-0.39, 0.29) is 53.9 Å². The third kappa shape index (κ3) is 4.45. The van der Waals surface area contributed by atoms with Crippen molar-refractivity contribution in [1.82, 2.24) is 0 Å². The molecule has 7 rings (SSSR count). The van der Waals surface area contributed by atoms with Gasteiger partial charge in [0.25, 0.3) is 0 Å². The van der Waals surface area contributed by atoms with Crippen molar-refractivity contribution in [1.29, 1.82) is 0 Å². The summed E-state index contributed by atoms with van der Waals surface area (Å²) in [5.41, 5.74) is -0.836. The Morgan fingerprint density at radius 3 is 2.51 bits per heavy atom. The second-order valence-corrected chi connectivity index (χ2v) is 15.4. The van der Waals surface area contributed by atoms with Gasteiger partial charge in [0.2, 0.25) is 0 Å². The zero-order chi connectivity index (χ0) is 32.2. The summed E-state index contributed by atoms with van der Waals surface area (Å²) in [7, 11) is 0. The zero-order valence-corrected chi connectivity index (χ0v) is 26.5. The van der Waals surface area contributed by atoms with E-state index in [2.05, 4.69) is 13.8 Å². The van der Waals surface area contributed by atoms with Gasteiger partial charge >= 0.3 is 5.97 Å². The molecule has 3 heterocycles. The van der Waals surface area contributed by atoms with E-state index in [1.165, 1.54) is 0 Å². The molecule has 0 spiro atoms. The smallest absolute Gasteiger partial charge is 0.336 e. The number of esters is 1. The lowest BCUT2D eigenvalue weighted by atomic mass is 9.43.